The number of anilines is 6. The first-order valence-corrected chi connectivity index (χ1v) is 47.1. The van der Waals surface area contributed by atoms with Crippen molar-refractivity contribution in [1.29, 1.82) is 0 Å². The maximum Gasteiger partial charge on any atom is 0.330 e. The van der Waals surface area contributed by atoms with Gasteiger partial charge in [-0.1, -0.05) is 11.6 Å². The van der Waals surface area contributed by atoms with E-state index in [0.29, 0.717) is 82.8 Å². The molecule has 8 fully saturated rings. The Kier molecular flexibility index (Phi) is 29.6. The summed E-state index contributed by atoms with van der Waals surface area (Å²) in [6.45, 7) is 57.0. The van der Waals surface area contributed by atoms with E-state index in [2.05, 4.69) is 69.5 Å². The Morgan fingerprint density at radius 2 is 0.683 bits per heavy atom. The summed E-state index contributed by atoms with van der Waals surface area (Å²) in [4.78, 5) is 157. The molecule has 4 N–H and O–H groups in total. The second kappa shape index (κ2) is 38.8. The highest BCUT2D eigenvalue weighted by atomic mass is 35.5. The Morgan fingerprint density at radius 1 is 0.374 bits per heavy atom. The maximum absolute atomic E-state index is 13.0. The number of fused-ring (bicyclic) bond motifs is 8. The predicted octanol–water partition coefficient (Wildman–Crippen LogP) is 7.95. The number of rotatable bonds is 22. The number of aromatic nitrogens is 16. The molecule has 0 spiro atoms. The molecule has 16 rings (SSSR count). The lowest BCUT2D eigenvalue weighted by Crippen LogP contribution is -2.52. The molecule has 8 aromatic rings. The average Bonchev–Trinajstić information content (AvgIpc) is 1.56. The van der Waals surface area contributed by atoms with Crippen molar-refractivity contribution in [2.45, 2.75) is 335 Å². The van der Waals surface area contributed by atoms with Crippen LogP contribution in [-0.4, -0.2) is 275 Å². The summed E-state index contributed by atoms with van der Waals surface area (Å²) in [5.74, 6) is 3.81. The van der Waals surface area contributed by atoms with Gasteiger partial charge in [0.15, 0.2) is 24.9 Å². The van der Waals surface area contributed by atoms with Gasteiger partial charge in [0.25, 0.3) is 22.2 Å². The van der Waals surface area contributed by atoms with E-state index in [0.717, 1.165) is 5.82 Å². The Hall–Kier alpha value is -10.3. The van der Waals surface area contributed by atoms with Crippen LogP contribution < -0.4 is 74.4 Å². The molecule has 139 heavy (non-hydrogen) atoms. The van der Waals surface area contributed by atoms with Crippen molar-refractivity contribution < 1.29 is 56.8 Å². The minimum absolute atomic E-state index is 0.228. The second-order valence-electron chi connectivity index (χ2n) is 45.4. The molecule has 16 atom stereocenters. The first-order valence-electron chi connectivity index (χ1n) is 46.8. The SMILES string of the molecule is Cc1cn([C@@H]2O[C@@]3(COC(C)(C)C)CN(c4cc(N(C)C)ncn4)[C@@H]2[C@@H]3OC(C)(C)C)c(=O)[nH]c1=O.Cc1cn([C@@H]2O[C@@]3(COC(C)(C)C)CN(c4ccnc(N(C)C)n4)[C@@H]2[C@@H]3OC(C)(C)C)c(=O)[nH]c1=O.Cc1cn([C@@H]2O[C@@]3(COC(C)(C)C)CN(c4cnccn4)[C@@H]2[C@@H]3OC(C)(C)C)c(=O)[nH]c1=O.Cc1cn([C@@H]2O[C@@]3(COC(C)(C)C)CN(c4ncc(Cl)cn4)[C@@H]2[C@@H]3OC(C)(C)C)c(=O)[nH]c1=O. The summed E-state index contributed by atoms with van der Waals surface area (Å²) in [7, 11) is 7.60. The lowest BCUT2D eigenvalue weighted by Gasteiger charge is -2.39. The summed E-state index contributed by atoms with van der Waals surface area (Å²) in [6.07, 6.45) is 12.6. The van der Waals surface area contributed by atoms with Crippen LogP contribution in [0.4, 0.5) is 35.2 Å². The van der Waals surface area contributed by atoms with Gasteiger partial charge in [0.1, 0.15) is 101 Å². The number of ether oxygens (including phenoxy) is 12. The highest BCUT2D eigenvalue weighted by Gasteiger charge is 2.71. The third-order valence-corrected chi connectivity index (χ3v) is 24.3. The number of aromatic amines is 4. The van der Waals surface area contributed by atoms with Crippen LogP contribution in [0.3, 0.4) is 0 Å². The van der Waals surface area contributed by atoms with Crippen LogP contribution in [0.15, 0.2) is 119 Å². The highest BCUT2D eigenvalue weighted by Crippen LogP contribution is 2.56. The highest BCUT2D eigenvalue weighted by molar-refractivity contribution is 6.30. The Bertz CT molecular complexity index is 6040. The molecule has 762 valence electrons. The van der Waals surface area contributed by atoms with E-state index in [1.807, 2.05) is 221 Å². The van der Waals surface area contributed by atoms with Crippen LogP contribution in [0.5, 0.6) is 0 Å². The van der Waals surface area contributed by atoms with E-state index >= 15 is 0 Å². The van der Waals surface area contributed by atoms with E-state index in [1.54, 1.807) is 64.9 Å². The number of hydrogen-bond acceptors (Lipinski definition) is 34. The molecule has 0 aliphatic carbocycles. The molecule has 0 amide bonds. The molecule has 0 radical (unpaired) electrons. The molecule has 43 heteroatoms. The molecule has 8 bridgehead atoms. The van der Waals surface area contributed by atoms with Crippen molar-refractivity contribution in [2.75, 3.05) is 110 Å². The molecule has 0 saturated carbocycles. The monoisotopic (exact) mass is 1960 g/mol. The van der Waals surface area contributed by atoms with Crippen LogP contribution in [0.1, 0.15) is 213 Å². The van der Waals surface area contributed by atoms with Gasteiger partial charge in [0, 0.05) is 99.9 Å². The fourth-order valence-corrected chi connectivity index (χ4v) is 18.3. The van der Waals surface area contributed by atoms with Crippen LogP contribution in [0.2, 0.25) is 5.02 Å². The van der Waals surface area contributed by atoms with Gasteiger partial charge in [-0.15, -0.1) is 0 Å². The number of hydrogen-bond donors (Lipinski definition) is 4. The number of nitrogens with zero attached hydrogens (tertiary/aromatic N) is 18. The number of aryl methyl sites for hydroxylation is 4. The Labute approximate surface area is 813 Å². The van der Waals surface area contributed by atoms with Gasteiger partial charge >= 0.3 is 22.8 Å². The third kappa shape index (κ3) is 23.7. The molecule has 8 aliphatic heterocycles. The fraction of sp³-hybridized carbons (Fsp3) is 0.667. The molecule has 0 aromatic carbocycles. The third-order valence-electron chi connectivity index (χ3n) is 24.1. The van der Waals surface area contributed by atoms with Crippen molar-refractivity contribution in [1.82, 2.24) is 78.1 Å². The molecule has 8 aromatic heterocycles. The summed E-state index contributed by atoms with van der Waals surface area (Å²) in [5, 5.41) is 0.418. The topological polar surface area (TPSA) is 453 Å². The van der Waals surface area contributed by atoms with Crippen LogP contribution in [-0.2, 0) is 56.8 Å². The quantitative estimate of drug-likeness (QED) is 0.0500. The van der Waals surface area contributed by atoms with Crippen molar-refractivity contribution in [3.8, 4) is 0 Å². The zero-order valence-electron chi connectivity index (χ0n) is 86.2. The number of halogens is 1. The largest absolute Gasteiger partial charge is 0.373 e. The van der Waals surface area contributed by atoms with Gasteiger partial charge in [-0.05, 0) is 200 Å². The molecule has 16 heterocycles. The molecule has 42 nitrogen and oxygen atoms in total. The molecule has 0 unspecified atom stereocenters. The number of morpholine rings is 4. The molecular weight excluding hydrogens is 1820 g/mol. The van der Waals surface area contributed by atoms with Crippen LogP contribution >= 0.6 is 11.6 Å². The maximum atomic E-state index is 13.0. The average molecular weight is 1960 g/mol. The van der Waals surface area contributed by atoms with Gasteiger partial charge in [0.2, 0.25) is 11.9 Å². The van der Waals surface area contributed by atoms with E-state index in [-0.39, 0.29) is 26.4 Å². The number of nitrogens with one attached hydrogen (secondary N) is 4. The molecular formula is C96H141ClN22O20. The van der Waals surface area contributed by atoms with Gasteiger partial charge in [0.05, 0.1) is 121 Å². The van der Waals surface area contributed by atoms with E-state index in [1.165, 1.54) is 49.4 Å². The fourth-order valence-electron chi connectivity index (χ4n) is 18.2. The lowest BCUT2D eigenvalue weighted by atomic mass is 9.98. The zero-order chi connectivity index (χ0) is 102. The van der Waals surface area contributed by atoms with Crippen molar-refractivity contribution in [3.63, 3.8) is 0 Å². The van der Waals surface area contributed by atoms with Gasteiger partial charge in [-0.3, -0.25) is 62.4 Å². The first kappa shape index (κ1) is 106. The van der Waals surface area contributed by atoms with E-state index < -0.39 is 186 Å². The number of H-pyrrole nitrogens is 4. The summed E-state index contributed by atoms with van der Waals surface area (Å²) >= 11 is 6.03. The van der Waals surface area contributed by atoms with Crippen LogP contribution in [0, 0.1) is 27.7 Å². The van der Waals surface area contributed by atoms with Crippen molar-refractivity contribution >= 4 is 46.8 Å². The van der Waals surface area contributed by atoms with E-state index in [4.69, 9.17) is 73.4 Å². The molecule has 8 aliphatic rings. The van der Waals surface area contributed by atoms with Gasteiger partial charge in [-0.2, -0.15) is 4.98 Å². The predicted molar refractivity (Wildman–Crippen MR) is 523 cm³/mol. The lowest BCUT2D eigenvalue weighted by molar-refractivity contribution is -0.183. The van der Waals surface area contributed by atoms with Crippen molar-refractivity contribution in [2.24, 2.45) is 0 Å². The normalized spacial score (nSPS) is 26.6. The summed E-state index contributed by atoms with van der Waals surface area (Å²) < 4.78 is 83.7. The Morgan fingerprint density at radius 3 is 0.978 bits per heavy atom. The smallest absolute Gasteiger partial charge is 0.330 e. The summed E-state index contributed by atoms with van der Waals surface area (Å²) in [6, 6.07) is 2.06. The van der Waals surface area contributed by atoms with Crippen molar-refractivity contribution in [3.05, 3.63) is 191 Å². The second-order valence-corrected chi connectivity index (χ2v) is 45.8. The molecule has 8 saturated heterocycles. The zero-order valence-corrected chi connectivity index (χ0v) is 86.9. The minimum atomic E-state index is -0.914. The summed E-state index contributed by atoms with van der Waals surface area (Å²) in [5.41, 5.74) is -9.39. The van der Waals surface area contributed by atoms with Gasteiger partial charge in [-0.25, -0.2) is 49.1 Å². The van der Waals surface area contributed by atoms with Crippen LogP contribution in [0.25, 0.3) is 0 Å². The minimum Gasteiger partial charge on any atom is -0.373 e. The first-order chi connectivity index (χ1) is 64.2. The standard InChI is InChI=1S/2C25H38N6O5.C23H32ClN5O5.C23H33N5O5/c1-15-11-30(22(33)28-20(15)32)21-18-19(35-24(5,6)7)25(36-21,13-34-23(2,3)4)12-31(18)17-10-16(29(8)9)26-14-27-17;1-15-12-30(22(33)28-19(15)32)20-17-18(35-24(5,6)7)25(36-20,14-34-23(2,3)4)13-31(17)16-10-11-26-21(27-16)29(8)9;1-13-10-28(20(31)27-17(13)30)18-15-16(33-22(5,6)7)23(34-18,12-32-21(2,3)4)11-29(15)19-25-8-14(24)9-26-19;1-14-11-27(20(30)26-18(14)29)19-16-17(32-22(5,6)7)23(33-19,13-31-21(2,3)4)12-28(16)15-10-24-8-9-25-15/h10-11,14,18-19,21H,12-13H2,1-9H3,(H,28,32,33);10-12,17-18,20H,13-14H2,1-9H3,(H,28,32,33);8-10,15-16,18H,11-12H2,1-7H3,(H,27,30,31);8-11,16-17,19H,12-13H2,1-7H3,(H,26,29,30)/t18-,19+,21-,25-;17-,18+,20-,25-;15-,16+,18-,23-;16-,17+,19-,23-/m1111/s1. The Balaban J connectivity index is 0.000000156. The van der Waals surface area contributed by atoms with Gasteiger partial charge < -0.3 is 86.2 Å². The van der Waals surface area contributed by atoms with E-state index in [9.17, 15) is 38.4 Å².